The van der Waals surface area contributed by atoms with Crippen LogP contribution in [0.5, 0.6) is 11.5 Å². The summed E-state index contributed by atoms with van der Waals surface area (Å²) in [5.74, 6) is 2.05. The lowest BCUT2D eigenvalue weighted by molar-refractivity contribution is 0.408. The molecule has 5 heteroatoms. The Labute approximate surface area is 158 Å². The van der Waals surface area contributed by atoms with Crippen molar-refractivity contribution in [2.24, 2.45) is 0 Å². The Hall–Kier alpha value is -3.34. The second-order valence-electron chi connectivity index (χ2n) is 7.48. The fraction of sp³-hybridized carbons (Fsp3) is 0.182. The summed E-state index contributed by atoms with van der Waals surface area (Å²) < 4.78 is 8.13. The van der Waals surface area contributed by atoms with Crippen molar-refractivity contribution in [1.82, 2.24) is 14.5 Å². The molecule has 2 N–H and O–H groups in total. The minimum atomic E-state index is -0.130. The van der Waals surface area contributed by atoms with E-state index in [-0.39, 0.29) is 5.54 Å². The van der Waals surface area contributed by atoms with Gasteiger partial charge in [-0.15, -0.1) is 0 Å². The molecule has 0 aliphatic heterocycles. The first-order valence-corrected chi connectivity index (χ1v) is 8.89. The zero-order chi connectivity index (χ0) is 19.0. The largest absolute Gasteiger partial charge is 0.457 e. The van der Waals surface area contributed by atoms with Crippen LogP contribution in [0.15, 0.2) is 67.1 Å². The Morgan fingerprint density at radius 3 is 2.41 bits per heavy atom. The summed E-state index contributed by atoms with van der Waals surface area (Å²) in [5, 5.41) is 0.865. The molecule has 0 saturated carbocycles. The lowest BCUT2D eigenvalue weighted by atomic mass is 10.1. The number of nitrogens with zero attached hydrogens (tertiary/aromatic N) is 3. The predicted octanol–water partition coefficient (Wildman–Crippen LogP) is 5.23. The molecule has 0 aliphatic carbocycles. The number of nitrogen functional groups attached to an aromatic ring is 1. The molecule has 0 unspecified atom stereocenters. The number of ether oxygens (including phenoxy) is 1. The van der Waals surface area contributed by atoms with Gasteiger partial charge in [-0.05, 0) is 50.6 Å². The van der Waals surface area contributed by atoms with E-state index in [2.05, 4.69) is 41.5 Å². The van der Waals surface area contributed by atoms with Gasteiger partial charge in [-0.2, -0.15) is 0 Å². The predicted molar refractivity (Wildman–Crippen MR) is 109 cm³/mol. The van der Waals surface area contributed by atoms with E-state index >= 15 is 0 Å². The molecule has 4 aromatic rings. The van der Waals surface area contributed by atoms with Crippen LogP contribution in [-0.4, -0.2) is 14.5 Å². The van der Waals surface area contributed by atoms with Crippen molar-refractivity contribution in [1.29, 1.82) is 0 Å². The third kappa shape index (κ3) is 3.24. The van der Waals surface area contributed by atoms with Crippen molar-refractivity contribution in [3.63, 3.8) is 0 Å². The van der Waals surface area contributed by atoms with Gasteiger partial charge in [0.2, 0.25) is 0 Å². The molecule has 2 aromatic heterocycles. The zero-order valence-electron chi connectivity index (χ0n) is 15.7. The molecule has 0 spiro atoms. The van der Waals surface area contributed by atoms with Crippen LogP contribution in [-0.2, 0) is 5.54 Å². The van der Waals surface area contributed by atoms with Crippen LogP contribution in [0.4, 0.5) is 5.82 Å². The first kappa shape index (κ1) is 17.1. The summed E-state index contributed by atoms with van der Waals surface area (Å²) in [6.07, 6.45) is 3.61. The molecule has 0 amide bonds. The molecule has 2 aromatic carbocycles. The van der Waals surface area contributed by atoms with Gasteiger partial charge >= 0.3 is 0 Å². The van der Waals surface area contributed by atoms with E-state index in [1.165, 1.54) is 6.33 Å². The number of rotatable bonds is 3. The maximum atomic E-state index is 6.22. The molecular weight excluding hydrogens is 336 g/mol. The van der Waals surface area contributed by atoms with Crippen molar-refractivity contribution in [2.45, 2.75) is 26.3 Å². The van der Waals surface area contributed by atoms with Crippen LogP contribution in [0.3, 0.4) is 0 Å². The quantitative estimate of drug-likeness (QED) is 0.545. The molecular formula is C22H22N4O. The van der Waals surface area contributed by atoms with Crippen LogP contribution in [0, 0.1) is 0 Å². The summed E-state index contributed by atoms with van der Waals surface area (Å²) in [7, 11) is 0. The SMILES string of the molecule is CC(C)(C)n1cc(-c2cccc(Oc3ccccc3)c2)c2c(N)ncnc21. The highest BCUT2D eigenvalue weighted by Crippen LogP contribution is 2.37. The summed E-state index contributed by atoms with van der Waals surface area (Å²) >= 11 is 0. The summed E-state index contributed by atoms with van der Waals surface area (Å²) in [4.78, 5) is 8.69. The van der Waals surface area contributed by atoms with Gasteiger partial charge < -0.3 is 15.0 Å². The highest BCUT2D eigenvalue weighted by atomic mass is 16.5. The van der Waals surface area contributed by atoms with Crippen LogP contribution in [0.1, 0.15) is 20.8 Å². The number of hydrogen-bond acceptors (Lipinski definition) is 4. The Morgan fingerprint density at radius 1 is 0.926 bits per heavy atom. The summed E-state index contributed by atoms with van der Waals surface area (Å²) in [5.41, 5.74) is 8.93. The van der Waals surface area contributed by atoms with E-state index in [1.807, 2.05) is 54.6 Å². The zero-order valence-corrected chi connectivity index (χ0v) is 15.7. The number of anilines is 1. The topological polar surface area (TPSA) is 66.0 Å². The Kier molecular flexibility index (Phi) is 4.07. The summed E-state index contributed by atoms with van der Waals surface area (Å²) in [6, 6.07) is 17.7. The van der Waals surface area contributed by atoms with Crippen LogP contribution in [0.2, 0.25) is 0 Å². The van der Waals surface area contributed by atoms with E-state index in [4.69, 9.17) is 10.5 Å². The van der Waals surface area contributed by atoms with Crippen LogP contribution < -0.4 is 10.5 Å². The van der Waals surface area contributed by atoms with Gasteiger partial charge in [-0.3, -0.25) is 0 Å². The lowest BCUT2D eigenvalue weighted by Gasteiger charge is -2.21. The maximum absolute atomic E-state index is 6.22. The standard InChI is InChI=1S/C22H22N4O/c1-22(2,3)26-13-18(19-20(23)24-14-25-21(19)26)15-8-7-11-17(12-15)27-16-9-5-4-6-10-16/h4-14H,1-3H3,(H2,23,24,25). The van der Waals surface area contributed by atoms with Crippen molar-refractivity contribution in [2.75, 3.05) is 5.73 Å². The molecule has 2 heterocycles. The first-order valence-electron chi connectivity index (χ1n) is 8.89. The fourth-order valence-electron chi connectivity index (χ4n) is 3.17. The first-order chi connectivity index (χ1) is 12.9. The van der Waals surface area contributed by atoms with Crippen LogP contribution in [0.25, 0.3) is 22.2 Å². The second kappa shape index (κ2) is 6.43. The number of nitrogens with two attached hydrogens (primary N) is 1. The van der Waals surface area contributed by atoms with E-state index in [0.717, 1.165) is 33.7 Å². The Bertz CT molecular complexity index is 1090. The van der Waals surface area contributed by atoms with Gasteiger partial charge in [-0.25, -0.2) is 9.97 Å². The number of benzene rings is 2. The van der Waals surface area contributed by atoms with Crippen molar-refractivity contribution < 1.29 is 4.74 Å². The molecule has 0 bridgehead atoms. The van der Waals surface area contributed by atoms with Gasteiger partial charge in [0.15, 0.2) is 0 Å². The van der Waals surface area contributed by atoms with E-state index in [1.54, 1.807) is 0 Å². The molecule has 0 aliphatic rings. The summed E-state index contributed by atoms with van der Waals surface area (Å²) in [6.45, 7) is 6.43. The van der Waals surface area contributed by atoms with Crippen LogP contribution >= 0.6 is 0 Å². The average molecular weight is 358 g/mol. The average Bonchev–Trinajstić information content (AvgIpc) is 3.04. The highest BCUT2D eigenvalue weighted by Gasteiger charge is 2.22. The minimum absolute atomic E-state index is 0.130. The van der Waals surface area contributed by atoms with Gasteiger partial charge in [0.1, 0.15) is 29.3 Å². The van der Waals surface area contributed by atoms with E-state index in [0.29, 0.717) is 5.82 Å². The smallest absolute Gasteiger partial charge is 0.146 e. The Morgan fingerprint density at radius 2 is 1.67 bits per heavy atom. The fourth-order valence-corrected chi connectivity index (χ4v) is 3.17. The van der Waals surface area contributed by atoms with Gasteiger partial charge in [0, 0.05) is 17.3 Å². The molecule has 27 heavy (non-hydrogen) atoms. The van der Waals surface area contributed by atoms with E-state index in [9.17, 15) is 0 Å². The van der Waals surface area contributed by atoms with Crippen molar-refractivity contribution in [3.8, 4) is 22.6 Å². The van der Waals surface area contributed by atoms with Crippen molar-refractivity contribution >= 4 is 16.9 Å². The molecule has 136 valence electrons. The van der Waals surface area contributed by atoms with Crippen molar-refractivity contribution in [3.05, 3.63) is 67.1 Å². The molecule has 5 nitrogen and oxygen atoms in total. The number of fused-ring (bicyclic) bond motifs is 1. The number of para-hydroxylation sites is 1. The molecule has 0 saturated heterocycles. The van der Waals surface area contributed by atoms with E-state index < -0.39 is 0 Å². The van der Waals surface area contributed by atoms with Gasteiger partial charge in [-0.1, -0.05) is 30.3 Å². The number of hydrogen-bond donors (Lipinski definition) is 1. The minimum Gasteiger partial charge on any atom is -0.457 e. The monoisotopic (exact) mass is 358 g/mol. The third-order valence-corrected chi connectivity index (χ3v) is 4.46. The molecule has 0 atom stereocenters. The second-order valence-corrected chi connectivity index (χ2v) is 7.48. The molecule has 4 rings (SSSR count). The highest BCUT2D eigenvalue weighted by molar-refractivity contribution is 6.00. The lowest BCUT2D eigenvalue weighted by Crippen LogP contribution is -2.21. The Balaban J connectivity index is 1.84. The molecule has 0 fully saturated rings. The number of aromatic nitrogens is 3. The maximum Gasteiger partial charge on any atom is 0.146 e. The molecule has 0 radical (unpaired) electrons. The van der Waals surface area contributed by atoms with Gasteiger partial charge in [0.05, 0.1) is 5.39 Å². The normalized spacial score (nSPS) is 11.7. The van der Waals surface area contributed by atoms with Gasteiger partial charge in [0.25, 0.3) is 0 Å². The third-order valence-electron chi connectivity index (χ3n) is 4.46.